The van der Waals surface area contributed by atoms with Gasteiger partial charge in [0.1, 0.15) is 17.1 Å². The van der Waals surface area contributed by atoms with E-state index >= 15 is 0 Å². The van der Waals surface area contributed by atoms with Crippen LogP contribution in [0.5, 0.6) is 17.4 Å². The Balaban J connectivity index is 1.60. The van der Waals surface area contributed by atoms with Gasteiger partial charge in [-0.15, -0.1) is 0 Å². The molecule has 0 bridgehead atoms. The molecule has 0 unspecified atom stereocenters. The predicted molar refractivity (Wildman–Crippen MR) is 97.7 cm³/mol. The molecule has 1 N–H and O–H groups in total. The van der Waals surface area contributed by atoms with Crippen LogP contribution in [-0.2, 0) is 6.54 Å². The van der Waals surface area contributed by atoms with Gasteiger partial charge in [0.15, 0.2) is 6.61 Å². The third kappa shape index (κ3) is 6.20. The van der Waals surface area contributed by atoms with Crippen LogP contribution in [-0.4, -0.2) is 28.7 Å². The van der Waals surface area contributed by atoms with Gasteiger partial charge < -0.3 is 14.8 Å². The Labute approximate surface area is 164 Å². The van der Waals surface area contributed by atoms with Gasteiger partial charge in [0.05, 0.1) is 6.20 Å². The lowest BCUT2D eigenvalue weighted by Crippen LogP contribution is -2.23. The van der Waals surface area contributed by atoms with Gasteiger partial charge in [0.25, 0.3) is 5.91 Å². The lowest BCUT2D eigenvalue weighted by molar-refractivity contribution is -0.153. The molecule has 6 nitrogen and oxygen atoms in total. The van der Waals surface area contributed by atoms with Gasteiger partial charge in [-0.2, -0.15) is 13.2 Å². The number of nitrogens with one attached hydrogen (secondary N) is 1. The molecule has 1 aromatic carbocycles. The number of alkyl halides is 3. The van der Waals surface area contributed by atoms with Gasteiger partial charge >= 0.3 is 6.18 Å². The number of aromatic nitrogens is 2. The molecule has 2 aromatic heterocycles. The first-order valence-corrected chi connectivity index (χ1v) is 8.50. The minimum absolute atomic E-state index is 0.0943. The molecule has 0 aliphatic heterocycles. The fourth-order valence-electron chi connectivity index (χ4n) is 2.31. The van der Waals surface area contributed by atoms with Crippen molar-refractivity contribution in [2.45, 2.75) is 12.7 Å². The average molecular weight is 403 g/mol. The van der Waals surface area contributed by atoms with Crippen LogP contribution in [0.1, 0.15) is 15.9 Å². The van der Waals surface area contributed by atoms with Crippen molar-refractivity contribution >= 4 is 5.91 Å². The van der Waals surface area contributed by atoms with Crippen LogP contribution in [0.2, 0.25) is 0 Å². The maximum Gasteiger partial charge on any atom is 0.422 e. The van der Waals surface area contributed by atoms with Crippen molar-refractivity contribution in [3.8, 4) is 17.4 Å². The van der Waals surface area contributed by atoms with Gasteiger partial charge in [0.2, 0.25) is 5.88 Å². The van der Waals surface area contributed by atoms with E-state index in [0.717, 1.165) is 0 Å². The largest absolute Gasteiger partial charge is 0.484 e. The van der Waals surface area contributed by atoms with Gasteiger partial charge in [-0.3, -0.25) is 9.78 Å². The molecule has 0 aliphatic carbocycles. The van der Waals surface area contributed by atoms with Crippen LogP contribution in [0, 0.1) is 0 Å². The van der Waals surface area contributed by atoms with Crippen molar-refractivity contribution < 1.29 is 27.4 Å². The third-order valence-electron chi connectivity index (χ3n) is 3.64. The molecule has 0 atom stereocenters. The highest BCUT2D eigenvalue weighted by Gasteiger charge is 2.28. The Hall–Kier alpha value is -3.62. The quantitative estimate of drug-likeness (QED) is 0.642. The van der Waals surface area contributed by atoms with Gasteiger partial charge in [-0.05, 0) is 42.0 Å². The number of hydrogen-bond donors (Lipinski definition) is 1. The Morgan fingerprint density at radius 1 is 1.00 bits per heavy atom. The highest BCUT2D eigenvalue weighted by atomic mass is 19.4. The molecule has 3 rings (SSSR count). The number of benzene rings is 1. The molecular formula is C20H16F3N3O3. The standard InChI is InChI=1S/C20H16F3N3O3/c21-20(22,23)13-28-15-7-5-14(6-8-15)11-26-18(27)17-4-2-10-25-19(17)29-16-3-1-9-24-12-16/h1-10,12H,11,13H2,(H,26,27). The molecule has 0 aliphatic rings. The first kappa shape index (κ1) is 20.1. The van der Waals surface area contributed by atoms with Crippen molar-refractivity contribution in [3.05, 3.63) is 78.2 Å². The van der Waals surface area contributed by atoms with Crippen LogP contribution < -0.4 is 14.8 Å². The van der Waals surface area contributed by atoms with E-state index in [-0.39, 0.29) is 23.7 Å². The zero-order chi connectivity index (χ0) is 20.7. The highest BCUT2D eigenvalue weighted by molar-refractivity contribution is 5.96. The first-order valence-electron chi connectivity index (χ1n) is 8.50. The summed E-state index contributed by atoms with van der Waals surface area (Å²) in [6.07, 6.45) is 0.200. The van der Waals surface area contributed by atoms with Crippen molar-refractivity contribution in [1.82, 2.24) is 15.3 Å². The number of carbonyl (C=O) groups is 1. The van der Waals surface area contributed by atoms with E-state index in [1.807, 2.05) is 0 Å². The summed E-state index contributed by atoms with van der Waals surface area (Å²) in [5.41, 5.74) is 0.929. The van der Waals surface area contributed by atoms with Crippen molar-refractivity contribution in [1.29, 1.82) is 0 Å². The average Bonchev–Trinajstić information content (AvgIpc) is 2.72. The maximum absolute atomic E-state index is 12.5. The molecule has 0 radical (unpaired) electrons. The molecule has 1 amide bonds. The summed E-state index contributed by atoms with van der Waals surface area (Å²) in [5.74, 6) is 0.259. The molecule has 150 valence electrons. The summed E-state index contributed by atoms with van der Waals surface area (Å²) in [7, 11) is 0. The number of hydrogen-bond acceptors (Lipinski definition) is 5. The Kier molecular flexibility index (Phi) is 6.28. The first-order chi connectivity index (χ1) is 13.9. The number of halogens is 3. The van der Waals surface area contributed by atoms with Gasteiger partial charge in [-0.25, -0.2) is 4.98 Å². The minimum Gasteiger partial charge on any atom is -0.484 e. The number of amides is 1. The summed E-state index contributed by atoms with van der Waals surface area (Å²) in [4.78, 5) is 20.5. The van der Waals surface area contributed by atoms with E-state index in [1.165, 1.54) is 24.5 Å². The van der Waals surface area contributed by atoms with E-state index in [1.54, 1.807) is 42.6 Å². The highest BCUT2D eigenvalue weighted by Crippen LogP contribution is 2.22. The van der Waals surface area contributed by atoms with Gasteiger partial charge in [0, 0.05) is 18.9 Å². The smallest absolute Gasteiger partial charge is 0.422 e. The molecule has 0 saturated carbocycles. The molecular weight excluding hydrogens is 387 g/mol. The summed E-state index contributed by atoms with van der Waals surface area (Å²) >= 11 is 0. The SMILES string of the molecule is O=C(NCc1ccc(OCC(F)(F)F)cc1)c1cccnc1Oc1cccnc1. The van der Waals surface area contributed by atoms with E-state index in [4.69, 9.17) is 4.74 Å². The van der Waals surface area contributed by atoms with E-state index in [9.17, 15) is 18.0 Å². The predicted octanol–water partition coefficient (Wildman–Crippen LogP) is 4.14. The zero-order valence-electron chi connectivity index (χ0n) is 15.0. The van der Waals surface area contributed by atoms with Crippen molar-refractivity contribution in [2.24, 2.45) is 0 Å². The van der Waals surface area contributed by atoms with Crippen LogP contribution in [0.25, 0.3) is 0 Å². The fourth-order valence-corrected chi connectivity index (χ4v) is 2.31. The minimum atomic E-state index is -4.40. The van der Waals surface area contributed by atoms with Crippen LogP contribution in [0.15, 0.2) is 67.1 Å². The number of ether oxygens (including phenoxy) is 2. The monoisotopic (exact) mass is 403 g/mol. The van der Waals surface area contributed by atoms with Crippen molar-refractivity contribution in [2.75, 3.05) is 6.61 Å². The van der Waals surface area contributed by atoms with E-state index in [2.05, 4.69) is 20.0 Å². The molecule has 0 saturated heterocycles. The summed E-state index contributed by atoms with van der Waals surface area (Å²) < 4.78 is 46.8. The Bertz CT molecular complexity index is 948. The summed E-state index contributed by atoms with van der Waals surface area (Å²) in [5, 5.41) is 2.72. The molecule has 3 aromatic rings. The number of rotatable bonds is 7. The van der Waals surface area contributed by atoms with Crippen LogP contribution in [0.4, 0.5) is 13.2 Å². The van der Waals surface area contributed by atoms with Crippen LogP contribution >= 0.6 is 0 Å². The van der Waals surface area contributed by atoms with E-state index in [0.29, 0.717) is 11.3 Å². The normalized spacial score (nSPS) is 11.0. The molecule has 29 heavy (non-hydrogen) atoms. The second-order valence-corrected chi connectivity index (χ2v) is 5.88. The third-order valence-corrected chi connectivity index (χ3v) is 3.64. The van der Waals surface area contributed by atoms with Crippen LogP contribution in [0.3, 0.4) is 0 Å². The van der Waals surface area contributed by atoms with E-state index < -0.39 is 18.7 Å². The molecule has 0 spiro atoms. The number of pyridine rings is 2. The van der Waals surface area contributed by atoms with Gasteiger partial charge in [-0.1, -0.05) is 12.1 Å². The number of nitrogens with zero attached hydrogens (tertiary/aromatic N) is 2. The lowest BCUT2D eigenvalue weighted by atomic mass is 10.2. The summed E-state index contributed by atoms with van der Waals surface area (Å²) in [6, 6.07) is 12.5. The second-order valence-electron chi connectivity index (χ2n) is 5.88. The zero-order valence-corrected chi connectivity index (χ0v) is 15.0. The number of carbonyl (C=O) groups excluding carboxylic acids is 1. The topological polar surface area (TPSA) is 73.3 Å². The Morgan fingerprint density at radius 2 is 1.76 bits per heavy atom. The molecule has 0 fully saturated rings. The Morgan fingerprint density at radius 3 is 2.45 bits per heavy atom. The second kappa shape index (κ2) is 9.05. The lowest BCUT2D eigenvalue weighted by Gasteiger charge is -2.11. The molecule has 9 heteroatoms. The fraction of sp³-hybridized carbons (Fsp3) is 0.150. The molecule has 2 heterocycles. The van der Waals surface area contributed by atoms with Crippen molar-refractivity contribution in [3.63, 3.8) is 0 Å². The summed E-state index contributed by atoms with van der Waals surface area (Å²) in [6.45, 7) is -1.19. The maximum atomic E-state index is 12.5.